The summed E-state index contributed by atoms with van der Waals surface area (Å²) in [6.07, 6.45) is 2.94. The highest BCUT2D eigenvalue weighted by molar-refractivity contribution is 6.09. The molecular weight excluding hydrogens is 442 g/mol. The largest absolute Gasteiger partial charge is 0.492 e. The molecule has 0 bridgehead atoms. The number of hydrogen-bond acceptors (Lipinski definition) is 4. The van der Waals surface area contributed by atoms with Crippen LogP contribution in [0.25, 0.3) is 32.9 Å². The zero-order valence-electron chi connectivity index (χ0n) is 19.5. The molecular formula is C29H27NO5. The van der Waals surface area contributed by atoms with Crippen molar-refractivity contribution in [3.63, 3.8) is 0 Å². The fourth-order valence-electron chi connectivity index (χ4n) is 4.51. The summed E-state index contributed by atoms with van der Waals surface area (Å²) in [5.74, 6) is -0.199. The number of aromatic nitrogens is 1. The molecule has 0 fully saturated rings. The lowest BCUT2D eigenvalue weighted by molar-refractivity contribution is -0.149. The third-order valence-corrected chi connectivity index (χ3v) is 6.20. The molecule has 2 heterocycles. The van der Waals surface area contributed by atoms with E-state index < -0.39 is 12.1 Å². The Hall–Kier alpha value is -4.03. The smallest absolute Gasteiger partial charge is 0.333 e. The van der Waals surface area contributed by atoms with E-state index in [2.05, 4.69) is 47.0 Å². The highest BCUT2D eigenvalue weighted by atomic mass is 16.5. The summed E-state index contributed by atoms with van der Waals surface area (Å²) in [5.41, 5.74) is 5.41. The second kappa shape index (κ2) is 10.1. The predicted octanol–water partition coefficient (Wildman–Crippen LogP) is 6.17. The molecule has 0 unspecified atom stereocenters. The lowest BCUT2D eigenvalue weighted by Gasteiger charge is -2.13. The van der Waals surface area contributed by atoms with Crippen molar-refractivity contribution in [3.8, 4) is 16.9 Å². The highest BCUT2D eigenvalue weighted by Gasteiger charge is 2.18. The van der Waals surface area contributed by atoms with Crippen LogP contribution in [0.5, 0.6) is 5.75 Å². The molecule has 5 aromatic rings. The molecule has 0 aliphatic rings. The Balaban J connectivity index is 1.31. The summed E-state index contributed by atoms with van der Waals surface area (Å²) in [7, 11) is 0. The second-order valence-corrected chi connectivity index (χ2v) is 8.39. The first-order chi connectivity index (χ1) is 17.1. The van der Waals surface area contributed by atoms with Crippen LogP contribution in [0.1, 0.15) is 12.5 Å². The number of benzene rings is 3. The minimum atomic E-state index is -0.949. The van der Waals surface area contributed by atoms with Gasteiger partial charge in [-0.05, 0) is 54.4 Å². The summed E-state index contributed by atoms with van der Waals surface area (Å²) in [6, 6.07) is 24.4. The molecule has 0 radical (unpaired) electrons. The van der Waals surface area contributed by atoms with Gasteiger partial charge in [-0.25, -0.2) is 4.79 Å². The summed E-state index contributed by atoms with van der Waals surface area (Å²) in [6.45, 7) is 3.36. The minimum Gasteiger partial charge on any atom is -0.492 e. The maximum absolute atomic E-state index is 11.3. The third kappa shape index (κ3) is 4.79. The van der Waals surface area contributed by atoms with Crippen LogP contribution in [-0.2, 0) is 22.5 Å². The van der Waals surface area contributed by atoms with Crippen LogP contribution in [0.2, 0.25) is 0 Å². The molecule has 6 heteroatoms. The van der Waals surface area contributed by atoms with Crippen molar-refractivity contribution < 1.29 is 23.8 Å². The van der Waals surface area contributed by atoms with E-state index in [1.165, 1.54) is 16.3 Å². The number of para-hydroxylation sites is 1. The zero-order valence-corrected chi connectivity index (χ0v) is 19.5. The van der Waals surface area contributed by atoms with Crippen molar-refractivity contribution in [2.75, 3.05) is 13.2 Å². The van der Waals surface area contributed by atoms with Gasteiger partial charge >= 0.3 is 5.97 Å². The van der Waals surface area contributed by atoms with Gasteiger partial charge in [-0.15, -0.1) is 0 Å². The first-order valence-electron chi connectivity index (χ1n) is 11.7. The Bertz CT molecular complexity index is 1430. The molecule has 0 amide bonds. The summed E-state index contributed by atoms with van der Waals surface area (Å²) < 4.78 is 18.9. The number of carboxylic acids is 1. The molecule has 35 heavy (non-hydrogen) atoms. The molecule has 178 valence electrons. The summed E-state index contributed by atoms with van der Waals surface area (Å²) in [4.78, 5) is 11.3. The van der Waals surface area contributed by atoms with Crippen molar-refractivity contribution in [3.05, 3.63) is 90.9 Å². The molecule has 1 N–H and O–H groups in total. The van der Waals surface area contributed by atoms with E-state index >= 15 is 0 Å². The number of furan rings is 1. The van der Waals surface area contributed by atoms with E-state index in [0.29, 0.717) is 26.2 Å². The Morgan fingerprint density at radius 1 is 0.971 bits per heavy atom. The van der Waals surface area contributed by atoms with Gasteiger partial charge in [0.1, 0.15) is 12.4 Å². The molecule has 0 aliphatic carbocycles. The number of fused-ring (bicyclic) bond motifs is 3. The lowest BCUT2D eigenvalue weighted by Crippen LogP contribution is -2.26. The quantitative estimate of drug-likeness (QED) is 0.265. The number of carboxylic acid groups (broad SMARTS) is 1. The molecule has 0 aliphatic heterocycles. The molecule has 0 saturated carbocycles. The van der Waals surface area contributed by atoms with Gasteiger partial charge in [-0.1, -0.05) is 36.4 Å². The second-order valence-electron chi connectivity index (χ2n) is 8.39. The topological polar surface area (TPSA) is 73.8 Å². The normalized spacial score (nSPS) is 12.3. The lowest BCUT2D eigenvalue weighted by atomic mass is 10.1. The van der Waals surface area contributed by atoms with Gasteiger partial charge in [0, 0.05) is 40.4 Å². The average Bonchev–Trinajstić information content (AvgIpc) is 3.52. The Kier molecular flexibility index (Phi) is 6.55. The van der Waals surface area contributed by atoms with Gasteiger partial charge in [-0.3, -0.25) is 0 Å². The van der Waals surface area contributed by atoms with Gasteiger partial charge in [-0.2, -0.15) is 0 Å². The first kappa shape index (κ1) is 22.7. The van der Waals surface area contributed by atoms with Crippen LogP contribution in [0.4, 0.5) is 0 Å². The van der Waals surface area contributed by atoms with Crippen molar-refractivity contribution in [1.29, 1.82) is 0 Å². The van der Waals surface area contributed by atoms with Crippen LogP contribution in [-0.4, -0.2) is 35.0 Å². The van der Waals surface area contributed by atoms with E-state index in [4.69, 9.17) is 13.9 Å². The molecule has 5 rings (SSSR count). The SMILES string of the molecule is CCO[C@@H](Cc1ccc(OCCn2c3ccccc3c3cc(-c4ccoc4)ccc32)cc1)C(=O)O. The number of rotatable bonds is 10. The fraction of sp³-hybridized carbons (Fsp3) is 0.207. The van der Waals surface area contributed by atoms with Crippen LogP contribution >= 0.6 is 0 Å². The average molecular weight is 470 g/mol. The van der Waals surface area contributed by atoms with Crippen molar-refractivity contribution in [2.24, 2.45) is 0 Å². The van der Waals surface area contributed by atoms with Crippen molar-refractivity contribution in [1.82, 2.24) is 4.57 Å². The molecule has 3 aromatic carbocycles. The van der Waals surface area contributed by atoms with Crippen molar-refractivity contribution >= 4 is 27.8 Å². The van der Waals surface area contributed by atoms with E-state index in [9.17, 15) is 9.90 Å². The van der Waals surface area contributed by atoms with Gasteiger partial charge in [0.25, 0.3) is 0 Å². The summed E-state index contributed by atoms with van der Waals surface area (Å²) in [5, 5.41) is 11.7. The minimum absolute atomic E-state index is 0.325. The van der Waals surface area contributed by atoms with E-state index in [-0.39, 0.29) is 0 Å². The maximum atomic E-state index is 11.3. The van der Waals surface area contributed by atoms with Crippen molar-refractivity contribution in [2.45, 2.75) is 26.0 Å². The third-order valence-electron chi connectivity index (χ3n) is 6.20. The van der Waals surface area contributed by atoms with E-state index in [1.54, 1.807) is 19.5 Å². The van der Waals surface area contributed by atoms with Gasteiger partial charge in [0.2, 0.25) is 0 Å². The molecule has 6 nitrogen and oxygen atoms in total. The number of aliphatic carboxylic acids is 1. The van der Waals surface area contributed by atoms with Crippen LogP contribution in [0.15, 0.2) is 89.7 Å². The number of ether oxygens (including phenoxy) is 2. The maximum Gasteiger partial charge on any atom is 0.333 e. The van der Waals surface area contributed by atoms with Gasteiger partial charge in [0.15, 0.2) is 6.10 Å². The fourth-order valence-corrected chi connectivity index (χ4v) is 4.51. The monoisotopic (exact) mass is 469 g/mol. The first-order valence-corrected chi connectivity index (χ1v) is 11.7. The molecule has 2 aromatic heterocycles. The molecule has 0 spiro atoms. The van der Waals surface area contributed by atoms with E-state index in [0.717, 1.165) is 28.0 Å². The van der Waals surface area contributed by atoms with E-state index in [1.807, 2.05) is 30.3 Å². The number of carbonyl (C=O) groups is 1. The molecule has 0 saturated heterocycles. The van der Waals surface area contributed by atoms with Crippen LogP contribution in [0.3, 0.4) is 0 Å². The van der Waals surface area contributed by atoms with Crippen LogP contribution < -0.4 is 4.74 Å². The highest BCUT2D eigenvalue weighted by Crippen LogP contribution is 2.32. The Labute approximate surface area is 203 Å². The number of nitrogens with zero attached hydrogens (tertiary/aromatic N) is 1. The zero-order chi connectivity index (χ0) is 24.2. The predicted molar refractivity (Wildman–Crippen MR) is 136 cm³/mol. The summed E-state index contributed by atoms with van der Waals surface area (Å²) >= 11 is 0. The standard InChI is InChI=1S/C29H27NO5/c1-2-34-28(29(31)32)17-20-7-10-23(11-8-20)35-16-14-30-26-6-4-3-5-24(26)25-18-21(9-12-27(25)30)22-13-15-33-19-22/h3-13,15,18-19,28H,2,14,16-17H2,1H3,(H,31,32)/t28-/m0/s1. The van der Waals surface area contributed by atoms with Gasteiger partial charge < -0.3 is 23.6 Å². The number of hydrogen-bond donors (Lipinski definition) is 1. The van der Waals surface area contributed by atoms with Gasteiger partial charge in [0.05, 0.1) is 19.1 Å². The Morgan fingerprint density at radius 2 is 1.77 bits per heavy atom. The Morgan fingerprint density at radius 3 is 2.51 bits per heavy atom. The van der Waals surface area contributed by atoms with Crippen LogP contribution in [0, 0.1) is 0 Å². The molecule has 1 atom stereocenters.